The van der Waals surface area contributed by atoms with Crippen LogP contribution in [0, 0.1) is 0 Å². The fourth-order valence-corrected chi connectivity index (χ4v) is 8.80. The van der Waals surface area contributed by atoms with Crippen LogP contribution in [0.2, 0.25) is 0 Å². The Morgan fingerprint density at radius 1 is 0.365 bits per heavy atom. The first-order valence-corrected chi connectivity index (χ1v) is 17.8. The van der Waals surface area contributed by atoms with E-state index in [1.54, 1.807) is 0 Å². The third-order valence-corrected chi connectivity index (χ3v) is 11.0. The van der Waals surface area contributed by atoms with Crippen LogP contribution < -0.4 is 0 Å². The molecule has 0 aliphatic rings. The van der Waals surface area contributed by atoms with E-state index in [1.807, 2.05) is 0 Å². The molecule has 12 aromatic rings. The minimum absolute atomic E-state index is 0.667. The van der Waals surface area contributed by atoms with E-state index in [2.05, 4.69) is 179 Å². The lowest BCUT2D eigenvalue weighted by Gasteiger charge is -2.13. The molecule has 0 saturated carbocycles. The molecule has 4 nitrogen and oxygen atoms in total. The third-order valence-electron chi connectivity index (χ3n) is 11.0. The fraction of sp³-hybridized carbons (Fsp3) is 0. The van der Waals surface area contributed by atoms with Crippen LogP contribution in [0.4, 0.5) is 0 Å². The maximum absolute atomic E-state index is 5.47. The zero-order valence-electron chi connectivity index (χ0n) is 28.0. The van der Waals surface area contributed by atoms with Crippen LogP contribution in [0.15, 0.2) is 170 Å². The number of hydrogen-bond donors (Lipinski definition) is 0. The molecule has 0 saturated heterocycles. The maximum Gasteiger partial charge on any atom is 0.235 e. The molecule has 0 unspecified atom stereocenters. The van der Waals surface area contributed by atoms with E-state index >= 15 is 0 Å². The van der Waals surface area contributed by atoms with Crippen molar-refractivity contribution in [1.82, 2.24) is 18.9 Å². The van der Waals surface area contributed by atoms with Crippen molar-refractivity contribution in [3.05, 3.63) is 170 Å². The van der Waals surface area contributed by atoms with E-state index in [-0.39, 0.29) is 0 Å². The van der Waals surface area contributed by atoms with E-state index in [0.29, 0.717) is 5.95 Å². The van der Waals surface area contributed by atoms with Crippen molar-refractivity contribution in [2.75, 3.05) is 0 Å². The standard InChI is InChI=1S/C48H28N4/c1-2-12-29(13-3-1)30-22-24-32(25-23-30)44-36-17-6-9-19-40(36)49-48(50-44)52-41-20-10-7-16-34(41)38-28-39-35-27-26-31-14-4-5-15-33(31)45(35)51-42-21-11-8-18-37(42)43(46(39)51)47(38)52/h1-28H. The number of nitrogens with zero attached hydrogens (tertiary/aromatic N) is 4. The highest BCUT2D eigenvalue weighted by Crippen LogP contribution is 2.47. The highest BCUT2D eigenvalue weighted by atomic mass is 15.2. The Kier molecular flexibility index (Phi) is 5.47. The molecule has 0 atom stereocenters. The van der Waals surface area contributed by atoms with Crippen LogP contribution in [-0.2, 0) is 0 Å². The van der Waals surface area contributed by atoms with Gasteiger partial charge in [-0.1, -0.05) is 146 Å². The Morgan fingerprint density at radius 2 is 1.00 bits per heavy atom. The third kappa shape index (κ3) is 3.65. The van der Waals surface area contributed by atoms with E-state index in [1.165, 1.54) is 70.8 Å². The van der Waals surface area contributed by atoms with E-state index < -0.39 is 0 Å². The minimum Gasteiger partial charge on any atom is -0.307 e. The summed E-state index contributed by atoms with van der Waals surface area (Å²) < 4.78 is 4.82. The van der Waals surface area contributed by atoms with Crippen molar-refractivity contribution in [3.8, 4) is 28.3 Å². The van der Waals surface area contributed by atoms with Gasteiger partial charge in [0.25, 0.3) is 0 Å². The molecule has 0 aliphatic carbocycles. The highest BCUT2D eigenvalue weighted by molar-refractivity contribution is 6.35. The van der Waals surface area contributed by atoms with E-state index in [4.69, 9.17) is 9.97 Å². The van der Waals surface area contributed by atoms with Gasteiger partial charge in [-0.05, 0) is 40.8 Å². The molecule has 0 fully saturated rings. The summed E-state index contributed by atoms with van der Waals surface area (Å²) in [4.78, 5) is 10.8. The van der Waals surface area contributed by atoms with Gasteiger partial charge < -0.3 is 4.40 Å². The van der Waals surface area contributed by atoms with Crippen LogP contribution in [0.1, 0.15) is 0 Å². The number of benzene rings is 8. The topological polar surface area (TPSA) is 35.1 Å². The summed E-state index contributed by atoms with van der Waals surface area (Å²) >= 11 is 0. The van der Waals surface area contributed by atoms with Gasteiger partial charge in [-0.15, -0.1) is 0 Å². The zero-order valence-corrected chi connectivity index (χ0v) is 28.0. The summed E-state index contributed by atoms with van der Waals surface area (Å²) in [5.41, 5.74) is 11.2. The van der Waals surface area contributed by atoms with Gasteiger partial charge in [0.05, 0.1) is 38.8 Å². The molecule has 12 rings (SSSR count). The quantitative estimate of drug-likeness (QED) is 0.189. The summed E-state index contributed by atoms with van der Waals surface area (Å²) in [5, 5.41) is 10.9. The molecule has 0 spiro atoms. The van der Waals surface area contributed by atoms with Crippen LogP contribution in [-0.4, -0.2) is 18.9 Å². The Morgan fingerprint density at radius 3 is 1.85 bits per heavy atom. The average molecular weight is 661 g/mol. The first-order valence-electron chi connectivity index (χ1n) is 17.8. The molecular formula is C48H28N4. The molecule has 8 aromatic carbocycles. The van der Waals surface area contributed by atoms with Crippen LogP contribution in [0.25, 0.3) is 110 Å². The second kappa shape index (κ2) is 10.3. The Balaban J connectivity index is 1.22. The Bertz CT molecular complexity index is 3390. The molecule has 0 N–H and O–H groups in total. The van der Waals surface area contributed by atoms with E-state index in [9.17, 15) is 0 Å². The maximum atomic E-state index is 5.47. The summed E-state index contributed by atoms with van der Waals surface area (Å²) in [6.45, 7) is 0. The Hall–Kier alpha value is -7.04. The summed E-state index contributed by atoms with van der Waals surface area (Å²) in [7, 11) is 0. The number of hydrogen-bond acceptors (Lipinski definition) is 2. The number of fused-ring (bicyclic) bond motifs is 13. The Labute approximate surface area is 297 Å². The largest absolute Gasteiger partial charge is 0.307 e. The normalized spacial score (nSPS) is 12.2. The van der Waals surface area contributed by atoms with Crippen molar-refractivity contribution in [3.63, 3.8) is 0 Å². The number of aromatic nitrogens is 4. The van der Waals surface area contributed by atoms with Crippen molar-refractivity contribution < 1.29 is 0 Å². The SMILES string of the molecule is c1ccc(-c2ccc(-c3nc(-n4c5ccccc5c5cc6c7ccc8ccccc8c7n7c8ccccc8c(c54)c67)nc4ccccc34)cc2)cc1. The van der Waals surface area contributed by atoms with Crippen molar-refractivity contribution >= 4 is 81.6 Å². The average Bonchev–Trinajstić information content (AvgIpc) is 3.85. The number of rotatable bonds is 3. The molecule has 0 aliphatic heterocycles. The van der Waals surface area contributed by atoms with Gasteiger partial charge >= 0.3 is 0 Å². The molecule has 4 heteroatoms. The van der Waals surface area contributed by atoms with Crippen LogP contribution in [0.5, 0.6) is 0 Å². The first kappa shape index (κ1) is 27.7. The van der Waals surface area contributed by atoms with Crippen molar-refractivity contribution in [2.45, 2.75) is 0 Å². The fourth-order valence-electron chi connectivity index (χ4n) is 8.80. The highest BCUT2D eigenvalue weighted by Gasteiger charge is 2.26. The number of para-hydroxylation sites is 3. The molecule has 0 bridgehead atoms. The smallest absolute Gasteiger partial charge is 0.235 e. The predicted octanol–water partition coefficient (Wildman–Crippen LogP) is 12.4. The minimum atomic E-state index is 0.667. The van der Waals surface area contributed by atoms with Crippen LogP contribution >= 0.6 is 0 Å². The van der Waals surface area contributed by atoms with Gasteiger partial charge in [-0.3, -0.25) is 4.57 Å². The second-order valence-electron chi connectivity index (χ2n) is 13.8. The molecule has 240 valence electrons. The lowest BCUT2D eigenvalue weighted by Crippen LogP contribution is -2.03. The van der Waals surface area contributed by atoms with Gasteiger partial charge in [0.15, 0.2) is 0 Å². The molecule has 0 amide bonds. The van der Waals surface area contributed by atoms with Gasteiger partial charge in [0.2, 0.25) is 5.95 Å². The summed E-state index contributed by atoms with van der Waals surface area (Å²) in [6, 6.07) is 60.9. The van der Waals surface area contributed by atoms with Gasteiger partial charge in [0, 0.05) is 48.7 Å². The molecule has 52 heavy (non-hydrogen) atoms. The molecule has 0 radical (unpaired) electrons. The van der Waals surface area contributed by atoms with Gasteiger partial charge in [-0.25, -0.2) is 9.97 Å². The van der Waals surface area contributed by atoms with Crippen molar-refractivity contribution in [1.29, 1.82) is 0 Å². The lowest BCUT2D eigenvalue weighted by molar-refractivity contribution is 1.02. The molecular weight excluding hydrogens is 633 g/mol. The predicted molar refractivity (Wildman–Crippen MR) is 217 cm³/mol. The van der Waals surface area contributed by atoms with Gasteiger partial charge in [0.1, 0.15) is 0 Å². The lowest BCUT2D eigenvalue weighted by atomic mass is 10.0. The first-order chi connectivity index (χ1) is 25.8. The monoisotopic (exact) mass is 660 g/mol. The van der Waals surface area contributed by atoms with E-state index in [0.717, 1.165) is 33.2 Å². The molecule has 4 heterocycles. The van der Waals surface area contributed by atoms with Crippen molar-refractivity contribution in [2.24, 2.45) is 0 Å². The van der Waals surface area contributed by atoms with Crippen LogP contribution in [0.3, 0.4) is 0 Å². The molecule has 4 aromatic heterocycles. The second-order valence-corrected chi connectivity index (χ2v) is 13.8. The summed E-state index contributed by atoms with van der Waals surface area (Å²) in [6.07, 6.45) is 0. The zero-order chi connectivity index (χ0) is 33.9. The summed E-state index contributed by atoms with van der Waals surface area (Å²) in [5.74, 6) is 0.667. The van der Waals surface area contributed by atoms with Gasteiger partial charge in [-0.2, -0.15) is 0 Å².